The minimum Gasteiger partial charge on any atom is -0.342 e. The van der Waals surface area contributed by atoms with Gasteiger partial charge in [-0.15, -0.1) is 0 Å². The van der Waals surface area contributed by atoms with Crippen LogP contribution in [0.2, 0.25) is 0 Å². The van der Waals surface area contributed by atoms with E-state index in [1.807, 2.05) is 0 Å². The van der Waals surface area contributed by atoms with Crippen molar-refractivity contribution in [1.29, 1.82) is 0 Å². The fourth-order valence-electron chi connectivity index (χ4n) is 4.09. The molecule has 1 amide bonds. The summed E-state index contributed by atoms with van der Waals surface area (Å²) >= 11 is 0. The zero-order valence-corrected chi connectivity index (χ0v) is 14.4. The largest absolute Gasteiger partial charge is 0.342 e. The van der Waals surface area contributed by atoms with Crippen LogP contribution in [0, 0.1) is 12.8 Å². The Bertz CT molecular complexity index is 751. The maximum absolute atomic E-state index is 13.0. The van der Waals surface area contributed by atoms with Gasteiger partial charge in [-0.1, -0.05) is 36.8 Å². The van der Waals surface area contributed by atoms with Crippen LogP contribution in [-0.4, -0.2) is 39.3 Å². The van der Waals surface area contributed by atoms with E-state index in [0.717, 1.165) is 50.2 Å². The fraction of sp³-hybridized carbons (Fsp3) is 0.526. The van der Waals surface area contributed by atoms with Crippen LogP contribution in [0.3, 0.4) is 0 Å². The van der Waals surface area contributed by atoms with E-state index in [1.165, 1.54) is 11.1 Å². The molecule has 0 bridgehead atoms. The second-order valence-electron chi connectivity index (χ2n) is 7.59. The van der Waals surface area contributed by atoms with Crippen LogP contribution >= 0.6 is 0 Å². The van der Waals surface area contributed by atoms with Crippen molar-refractivity contribution in [2.24, 2.45) is 5.92 Å². The van der Waals surface area contributed by atoms with Crippen LogP contribution in [0.15, 0.2) is 24.3 Å². The number of benzene rings is 1. The topological polar surface area (TPSA) is 61.9 Å². The number of aromatic amines is 1. The Hall–Kier alpha value is -2.17. The second kappa shape index (κ2) is 5.72. The Balaban J connectivity index is 1.46. The molecule has 0 saturated carbocycles. The molecule has 0 radical (unpaired) electrons. The monoisotopic (exact) mass is 324 g/mol. The number of amides is 1. The van der Waals surface area contributed by atoms with Crippen LogP contribution in [-0.2, 0) is 23.1 Å². The smallest absolute Gasteiger partial charge is 0.226 e. The van der Waals surface area contributed by atoms with Gasteiger partial charge in [0.25, 0.3) is 0 Å². The van der Waals surface area contributed by atoms with Gasteiger partial charge >= 0.3 is 0 Å². The molecule has 1 aliphatic heterocycles. The van der Waals surface area contributed by atoms with Crippen molar-refractivity contribution >= 4 is 5.91 Å². The van der Waals surface area contributed by atoms with Crippen molar-refractivity contribution in [3.8, 4) is 0 Å². The van der Waals surface area contributed by atoms with E-state index < -0.39 is 0 Å². The third kappa shape index (κ3) is 2.62. The van der Waals surface area contributed by atoms with Crippen molar-refractivity contribution in [1.82, 2.24) is 20.3 Å². The Morgan fingerprint density at radius 3 is 2.79 bits per heavy atom. The van der Waals surface area contributed by atoms with Gasteiger partial charge in [0.2, 0.25) is 5.91 Å². The number of H-pyrrole nitrogens is 1. The number of rotatable bonds is 2. The van der Waals surface area contributed by atoms with Gasteiger partial charge < -0.3 is 4.90 Å². The lowest BCUT2D eigenvalue weighted by molar-refractivity contribution is -0.135. The minimum atomic E-state index is 0.0583. The first kappa shape index (κ1) is 15.4. The average molecular weight is 324 g/mol. The molecule has 2 heterocycles. The van der Waals surface area contributed by atoms with Gasteiger partial charge in [0.05, 0.1) is 11.4 Å². The van der Waals surface area contributed by atoms with E-state index >= 15 is 0 Å². The van der Waals surface area contributed by atoms with Gasteiger partial charge in [0, 0.05) is 30.8 Å². The summed E-state index contributed by atoms with van der Waals surface area (Å²) in [6.07, 6.45) is 3.49. The van der Waals surface area contributed by atoms with E-state index in [-0.39, 0.29) is 11.3 Å². The van der Waals surface area contributed by atoms with Gasteiger partial charge in [0.15, 0.2) is 0 Å². The van der Waals surface area contributed by atoms with E-state index in [4.69, 9.17) is 0 Å². The van der Waals surface area contributed by atoms with Crippen molar-refractivity contribution in [3.05, 3.63) is 46.8 Å². The number of fused-ring (bicyclic) bond motifs is 1. The summed E-state index contributed by atoms with van der Waals surface area (Å²) in [5.74, 6) is 0.349. The molecule has 2 aliphatic rings. The van der Waals surface area contributed by atoms with Crippen LogP contribution in [0.1, 0.15) is 42.3 Å². The Morgan fingerprint density at radius 2 is 2.00 bits per heavy atom. The number of aryl methyl sites for hydroxylation is 2. The standard InChI is InChI=1S/C19H24N4O/c1-13-3-6-15(7-4-13)19(2)9-10-23(12-19)18(24)14-5-8-16-17(11-14)21-22-20-16/h3-4,6-7,14H,5,8-12H2,1-2H3,(H,20,21,22)/t14-,19-/m0/s1. The van der Waals surface area contributed by atoms with Gasteiger partial charge in [-0.05, 0) is 31.7 Å². The first-order valence-electron chi connectivity index (χ1n) is 8.80. The summed E-state index contributed by atoms with van der Waals surface area (Å²) in [6.45, 7) is 6.06. The molecule has 126 valence electrons. The van der Waals surface area contributed by atoms with Crippen molar-refractivity contribution in [2.45, 2.75) is 44.9 Å². The summed E-state index contributed by atoms with van der Waals surface area (Å²) < 4.78 is 0. The molecule has 1 saturated heterocycles. The SMILES string of the molecule is Cc1ccc([C@@]2(C)CCN(C(=O)[C@H]3CCc4n[nH]nc4C3)C2)cc1. The predicted molar refractivity (Wildman–Crippen MR) is 91.6 cm³/mol. The highest BCUT2D eigenvalue weighted by atomic mass is 16.2. The van der Waals surface area contributed by atoms with E-state index in [1.54, 1.807) is 0 Å². The number of hydrogen-bond donors (Lipinski definition) is 1. The quantitative estimate of drug-likeness (QED) is 0.923. The number of aromatic nitrogens is 3. The van der Waals surface area contributed by atoms with Crippen molar-refractivity contribution < 1.29 is 4.79 Å². The molecular formula is C19H24N4O. The molecule has 1 fully saturated rings. The maximum Gasteiger partial charge on any atom is 0.226 e. The van der Waals surface area contributed by atoms with Crippen LogP contribution in [0.5, 0.6) is 0 Å². The second-order valence-corrected chi connectivity index (χ2v) is 7.59. The Labute approximate surface area is 142 Å². The van der Waals surface area contributed by atoms with Gasteiger partial charge in [-0.25, -0.2) is 0 Å². The molecule has 1 aromatic carbocycles. The lowest BCUT2D eigenvalue weighted by atomic mass is 9.81. The number of carbonyl (C=O) groups excluding carboxylic acids is 1. The molecule has 1 aromatic heterocycles. The zero-order valence-electron chi connectivity index (χ0n) is 14.4. The summed E-state index contributed by atoms with van der Waals surface area (Å²) in [7, 11) is 0. The first-order chi connectivity index (χ1) is 11.5. The third-order valence-corrected chi connectivity index (χ3v) is 5.76. The fourth-order valence-corrected chi connectivity index (χ4v) is 4.09. The highest BCUT2D eigenvalue weighted by Gasteiger charge is 2.40. The van der Waals surface area contributed by atoms with E-state index in [2.05, 4.69) is 58.4 Å². The number of nitrogens with zero attached hydrogens (tertiary/aromatic N) is 3. The van der Waals surface area contributed by atoms with Crippen LogP contribution in [0.25, 0.3) is 0 Å². The van der Waals surface area contributed by atoms with Gasteiger partial charge in [-0.2, -0.15) is 15.4 Å². The molecule has 0 unspecified atom stereocenters. The zero-order chi connectivity index (χ0) is 16.7. The average Bonchev–Trinajstić information content (AvgIpc) is 3.21. The van der Waals surface area contributed by atoms with Gasteiger partial charge in [-0.3, -0.25) is 4.79 Å². The molecule has 2 atom stereocenters. The Morgan fingerprint density at radius 1 is 1.25 bits per heavy atom. The highest BCUT2D eigenvalue weighted by molar-refractivity contribution is 5.80. The number of carbonyl (C=O) groups is 1. The summed E-state index contributed by atoms with van der Waals surface area (Å²) in [5.41, 5.74) is 4.69. The van der Waals surface area contributed by atoms with Crippen molar-refractivity contribution in [3.63, 3.8) is 0 Å². The normalized spacial score (nSPS) is 26.4. The summed E-state index contributed by atoms with van der Waals surface area (Å²) in [6, 6.07) is 8.76. The molecule has 5 heteroatoms. The molecule has 24 heavy (non-hydrogen) atoms. The molecule has 1 aliphatic carbocycles. The molecule has 1 N–H and O–H groups in total. The molecular weight excluding hydrogens is 300 g/mol. The van der Waals surface area contributed by atoms with Gasteiger partial charge in [0.1, 0.15) is 0 Å². The molecule has 2 aromatic rings. The van der Waals surface area contributed by atoms with E-state index in [0.29, 0.717) is 5.91 Å². The Kier molecular flexibility index (Phi) is 3.66. The molecule has 0 spiro atoms. The lowest BCUT2D eigenvalue weighted by Gasteiger charge is -2.28. The number of hydrogen-bond acceptors (Lipinski definition) is 3. The summed E-state index contributed by atoms with van der Waals surface area (Å²) in [4.78, 5) is 15.0. The minimum absolute atomic E-state index is 0.0583. The van der Waals surface area contributed by atoms with Crippen molar-refractivity contribution in [2.75, 3.05) is 13.1 Å². The number of nitrogens with one attached hydrogen (secondary N) is 1. The highest BCUT2D eigenvalue weighted by Crippen LogP contribution is 2.36. The molecule has 5 nitrogen and oxygen atoms in total. The van der Waals surface area contributed by atoms with Crippen LogP contribution < -0.4 is 0 Å². The first-order valence-corrected chi connectivity index (χ1v) is 8.80. The number of likely N-dealkylation sites (tertiary alicyclic amines) is 1. The summed E-state index contributed by atoms with van der Waals surface area (Å²) in [5, 5.41) is 11.0. The van der Waals surface area contributed by atoms with E-state index in [9.17, 15) is 4.79 Å². The lowest BCUT2D eigenvalue weighted by Crippen LogP contribution is -2.38. The maximum atomic E-state index is 13.0. The van der Waals surface area contributed by atoms with Crippen LogP contribution in [0.4, 0.5) is 0 Å². The molecule has 4 rings (SSSR count). The predicted octanol–water partition coefficient (Wildman–Crippen LogP) is 2.41. The third-order valence-electron chi connectivity index (χ3n) is 5.76.